The molecule has 1 amide bonds. The molecular weight excluding hydrogens is 333 g/mol. The first kappa shape index (κ1) is 17.0. The largest absolute Gasteiger partial charge is 0.507 e. The van der Waals surface area contributed by atoms with E-state index in [2.05, 4.69) is 10.6 Å². The van der Waals surface area contributed by atoms with Crippen molar-refractivity contribution in [2.45, 2.75) is 0 Å². The van der Waals surface area contributed by atoms with Gasteiger partial charge in [0.2, 0.25) is 0 Å². The van der Waals surface area contributed by atoms with Crippen LogP contribution in [0.5, 0.6) is 5.75 Å². The summed E-state index contributed by atoms with van der Waals surface area (Å²) in [4.78, 5) is 12.4. The molecule has 0 bridgehead atoms. The van der Waals surface area contributed by atoms with E-state index >= 15 is 0 Å². The lowest BCUT2D eigenvalue weighted by molar-refractivity contribution is -0.112. The summed E-state index contributed by atoms with van der Waals surface area (Å²) in [5.74, 6) is -0.948. The molecule has 0 aliphatic rings. The number of hydrogen-bond donors (Lipinski definition) is 3. The third-order valence-electron chi connectivity index (χ3n) is 3.72. The normalized spacial score (nSPS) is 11.0. The van der Waals surface area contributed by atoms with E-state index in [1.54, 1.807) is 42.5 Å². The van der Waals surface area contributed by atoms with Crippen molar-refractivity contribution in [3.63, 3.8) is 0 Å². The van der Waals surface area contributed by atoms with E-state index in [-0.39, 0.29) is 11.3 Å². The molecular formula is C20H14FN3O2. The maximum Gasteiger partial charge on any atom is 0.267 e. The van der Waals surface area contributed by atoms with Gasteiger partial charge in [-0.15, -0.1) is 0 Å². The van der Waals surface area contributed by atoms with Crippen molar-refractivity contribution in [3.8, 4) is 11.8 Å². The van der Waals surface area contributed by atoms with Crippen LogP contribution in [-0.2, 0) is 4.79 Å². The smallest absolute Gasteiger partial charge is 0.267 e. The van der Waals surface area contributed by atoms with Crippen LogP contribution in [0.3, 0.4) is 0 Å². The van der Waals surface area contributed by atoms with Gasteiger partial charge in [0.25, 0.3) is 5.91 Å². The molecule has 3 rings (SSSR count). The fourth-order valence-corrected chi connectivity index (χ4v) is 2.47. The van der Waals surface area contributed by atoms with E-state index in [4.69, 9.17) is 0 Å². The summed E-state index contributed by atoms with van der Waals surface area (Å²) in [7, 11) is 0. The van der Waals surface area contributed by atoms with Crippen molar-refractivity contribution in [2.24, 2.45) is 0 Å². The molecule has 0 spiro atoms. The molecule has 0 aliphatic carbocycles. The fourth-order valence-electron chi connectivity index (χ4n) is 2.47. The quantitative estimate of drug-likeness (QED) is 0.489. The van der Waals surface area contributed by atoms with Gasteiger partial charge in [-0.3, -0.25) is 4.79 Å². The number of carbonyl (C=O) groups excluding carboxylic acids is 1. The van der Waals surface area contributed by atoms with E-state index in [1.165, 1.54) is 24.4 Å². The number of amides is 1. The van der Waals surface area contributed by atoms with Crippen LogP contribution in [0.2, 0.25) is 0 Å². The average molecular weight is 347 g/mol. The Labute approximate surface area is 149 Å². The fraction of sp³-hybridized carbons (Fsp3) is 0. The highest BCUT2D eigenvalue weighted by Gasteiger charge is 2.12. The van der Waals surface area contributed by atoms with Crippen LogP contribution >= 0.6 is 0 Å². The Morgan fingerprint density at radius 3 is 2.58 bits per heavy atom. The number of phenolic OH excluding ortho intramolecular Hbond substituents is 1. The van der Waals surface area contributed by atoms with Crippen molar-refractivity contribution < 1.29 is 14.3 Å². The van der Waals surface area contributed by atoms with E-state index in [9.17, 15) is 19.6 Å². The number of hydrogen-bond acceptors (Lipinski definition) is 4. The Bertz CT molecular complexity index is 1050. The Hall–Kier alpha value is -3.85. The number of rotatable bonds is 4. The van der Waals surface area contributed by atoms with Gasteiger partial charge >= 0.3 is 0 Å². The number of anilines is 2. The first-order valence-electron chi connectivity index (χ1n) is 7.73. The molecule has 0 atom stereocenters. The van der Waals surface area contributed by atoms with Gasteiger partial charge < -0.3 is 15.7 Å². The summed E-state index contributed by atoms with van der Waals surface area (Å²) >= 11 is 0. The van der Waals surface area contributed by atoms with Crippen LogP contribution in [0.1, 0.15) is 0 Å². The summed E-state index contributed by atoms with van der Waals surface area (Å²) in [6, 6.07) is 17.5. The predicted octanol–water partition coefficient (Wildman–Crippen LogP) is 4.14. The molecule has 26 heavy (non-hydrogen) atoms. The van der Waals surface area contributed by atoms with Crippen LogP contribution in [0.4, 0.5) is 15.8 Å². The summed E-state index contributed by atoms with van der Waals surface area (Å²) in [6.45, 7) is 0. The lowest BCUT2D eigenvalue weighted by Crippen LogP contribution is -2.14. The maximum atomic E-state index is 13.2. The summed E-state index contributed by atoms with van der Waals surface area (Å²) < 4.78 is 13.2. The monoisotopic (exact) mass is 347 g/mol. The third-order valence-corrected chi connectivity index (χ3v) is 3.72. The molecule has 0 aliphatic heterocycles. The topological polar surface area (TPSA) is 85.2 Å². The van der Waals surface area contributed by atoms with Gasteiger partial charge in [-0.05, 0) is 30.3 Å². The third kappa shape index (κ3) is 3.62. The molecule has 0 aromatic heterocycles. The zero-order valence-corrected chi connectivity index (χ0v) is 13.5. The highest BCUT2D eigenvalue weighted by atomic mass is 19.1. The molecule has 0 saturated heterocycles. The Morgan fingerprint density at radius 1 is 1.08 bits per heavy atom. The first-order valence-corrected chi connectivity index (χ1v) is 7.73. The minimum atomic E-state index is -0.618. The van der Waals surface area contributed by atoms with Gasteiger partial charge in [0.1, 0.15) is 23.2 Å². The van der Waals surface area contributed by atoms with Crippen LogP contribution < -0.4 is 10.6 Å². The number of nitrogens with zero attached hydrogens (tertiary/aromatic N) is 1. The zero-order chi connectivity index (χ0) is 18.5. The van der Waals surface area contributed by atoms with E-state index < -0.39 is 11.7 Å². The van der Waals surface area contributed by atoms with Crippen molar-refractivity contribution >= 4 is 28.1 Å². The predicted molar refractivity (Wildman–Crippen MR) is 98.0 cm³/mol. The standard InChI is InChI=1S/C20H14FN3O2/c21-14-4-1-5-15(10-14)23-12-13(11-22)20(26)24-18-8-2-7-17-16(18)6-3-9-19(17)25/h1-10,12,23,25H,(H,24,26)/b13-12-. The van der Waals surface area contributed by atoms with Gasteiger partial charge in [0.05, 0.1) is 0 Å². The zero-order valence-electron chi connectivity index (χ0n) is 13.5. The molecule has 0 unspecified atom stereocenters. The number of halogens is 1. The highest BCUT2D eigenvalue weighted by molar-refractivity contribution is 6.11. The van der Waals surface area contributed by atoms with Crippen LogP contribution in [-0.4, -0.2) is 11.0 Å². The minimum Gasteiger partial charge on any atom is -0.507 e. The van der Waals surface area contributed by atoms with Crippen LogP contribution in [0.15, 0.2) is 72.4 Å². The second kappa shape index (κ2) is 7.36. The number of fused-ring (bicyclic) bond motifs is 1. The van der Waals surface area contributed by atoms with Crippen LogP contribution in [0.25, 0.3) is 10.8 Å². The second-order valence-electron chi connectivity index (χ2n) is 5.46. The molecule has 3 aromatic carbocycles. The van der Waals surface area contributed by atoms with Gasteiger partial charge in [0.15, 0.2) is 0 Å². The molecule has 128 valence electrons. The summed E-state index contributed by atoms with van der Waals surface area (Å²) in [5, 5.41) is 25.7. The molecule has 0 saturated carbocycles. The van der Waals surface area contributed by atoms with Crippen molar-refractivity contribution in [1.29, 1.82) is 5.26 Å². The molecule has 5 nitrogen and oxygen atoms in total. The van der Waals surface area contributed by atoms with E-state index in [0.717, 1.165) is 0 Å². The number of aromatic hydroxyl groups is 1. The molecule has 0 heterocycles. The SMILES string of the molecule is N#C/C(=C/Nc1cccc(F)c1)C(=O)Nc1cccc2c(O)cccc12. The Balaban J connectivity index is 1.83. The second-order valence-corrected chi connectivity index (χ2v) is 5.46. The number of carbonyl (C=O) groups is 1. The summed E-state index contributed by atoms with van der Waals surface area (Å²) in [5.41, 5.74) is 0.711. The van der Waals surface area contributed by atoms with Crippen molar-refractivity contribution in [3.05, 3.63) is 78.3 Å². The maximum absolute atomic E-state index is 13.2. The molecule has 0 fully saturated rings. The molecule has 0 radical (unpaired) electrons. The van der Waals surface area contributed by atoms with Gasteiger partial charge in [-0.2, -0.15) is 5.26 Å². The summed E-state index contributed by atoms with van der Waals surface area (Å²) in [6.07, 6.45) is 1.21. The van der Waals surface area contributed by atoms with E-state index in [0.29, 0.717) is 22.1 Å². The van der Waals surface area contributed by atoms with E-state index in [1.807, 2.05) is 6.07 Å². The number of nitriles is 1. The number of nitrogens with one attached hydrogen (secondary N) is 2. The Kier molecular flexibility index (Phi) is 4.81. The Morgan fingerprint density at radius 2 is 1.81 bits per heavy atom. The first-order chi connectivity index (χ1) is 12.6. The number of phenols is 1. The molecule has 6 heteroatoms. The average Bonchev–Trinajstić information content (AvgIpc) is 2.63. The van der Waals surface area contributed by atoms with Gasteiger partial charge in [0, 0.05) is 28.3 Å². The van der Waals surface area contributed by atoms with Crippen LogP contribution in [0, 0.1) is 17.1 Å². The molecule has 3 aromatic rings. The van der Waals surface area contributed by atoms with Crippen molar-refractivity contribution in [2.75, 3.05) is 10.6 Å². The van der Waals surface area contributed by atoms with Gasteiger partial charge in [-0.25, -0.2) is 4.39 Å². The lowest BCUT2D eigenvalue weighted by Gasteiger charge is -2.09. The highest BCUT2D eigenvalue weighted by Crippen LogP contribution is 2.29. The van der Waals surface area contributed by atoms with Crippen molar-refractivity contribution in [1.82, 2.24) is 0 Å². The molecule has 3 N–H and O–H groups in total. The minimum absolute atomic E-state index is 0.0995. The number of benzene rings is 3. The van der Waals surface area contributed by atoms with Gasteiger partial charge in [-0.1, -0.05) is 30.3 Å². The lowest BCUT2D eigenvalue weighted by atomic mass is 10.1.